The largest absolute Gasteiger partial charge is 0.372 e. The molecule has 0 aliphatic carbocycles. The molecule has 2 bridgehead atoms. The average molecular weight is 249 g/mol. The molecule has 3 heterocycles. The van der Waals surface area contributed by atoms with E-state index in [1.54, 1.807) is 6.92 Å². The Labute approximate surface area is 104 Å². The number of carbonyl (C=O) groups excluding carboxylic acids is 2. The van der Waals surface area contributed by atoms with Gasteiger partial charge < -0.3 is 10.1 Å². The van der Waals surface area contributed by atoms with Gasteiger partial charge in [0.1, 0.15) is 0 Å². The fraction of sp³-hybridized carbons (Fsp3) is 0.583. The van der Waals surface area contributed by atoms with Crippen LogP contribution in [0.5, 0.6) is 0 Å². The van der Waals surface area contributed by atoms with Crippen molar-refractivity contribution in [1.29, 1.82) is 5.41 Å². The van der Waals surface area contributed by atoms with E-state index in [1.165, 1.54) is 4.90 Å². The molecule has 4 atom stereocenters. The highest BCUT2D eigenvalue weighted by Gasteiger charge is 2.60. The first kappa shape index (κ1) is 11.4. The summed E-state index contributed by atoms with van der Waals surface area (Å²) in [5.74, 6) is -0.584. The van der Waals surface area contributed by atoms with Gasteiger partial charge in [0, 0.05) is 13.1 Å². The predicted octanol–water partition coefficient (Wildman–Crippen LogP) is -0.488. The molecule has 2 N–H and O–H groups in total. The summed E-state index contributed by atoms with van der Waals surface area (Å²) in [6, 6.07) is 0. The third-order valence-corrected chi connectivity index (χ3v) is 3.73. The Morgan fingerprint density at radius 3 is 2.39 bits per heavy atom. The molecular formula is C12H15N3O3. The minimum Gasteiger partial charge on any atom is -0.372 e. The Hall–Kier alpha value is -1.69. The molecule has 6 nitrogen and oxygen atoms in total. The van der Waals surface area contributed by atoms with Gasteiger partial charge in [-0.25, -0.2) is 0 Å². The van der Waals surface area contributed by atoms with Crippen LogP contribution in [-0.4, -0.2) is 47.8 Å². The molecule has 3 rings (SSSR count). The quantitative estimate of drug-likeness (QED) is 0.306. The van der Waals surface area contributed by atoms with Crippen LogP contribution in [-0.2, 0) is 14.3 Å². The molecule has 0 aromatic rings. The highest BCUT2D eigenvalue weighted by Crippen LogP contribution is 2.44. The van der Waals surface area contributed by atoms with Crippen molar-refractivity contribution in [3.63, 3.8) is 0 Å². The molecule has 3 aliphatic rings. The summed E-state index contributed by atoms with van der Waals surface area (Å²) in [6.45, 7) is 2.37. The lowest BCUT2D eigenvalue weighted by Crippen LogP contribution is -2.39. The monoisotopic (exact) mass is 249 g/mol. The van der Waals surface area contributed by atoms with Crippen LogP contribution in [0.3, 0.4) is 0 Å². The van der Waals surface area contributed by atoms with Crippen molar-refractivity contribution in [3.8, 4) is 0 Å². The highest BCUT2D eigenvalue weighted by molar-refractivity contribution is 6.06. The molecule has 0 spiro atoms. The number of ether oxygens (including phenoxy) is 1. The lowest BCUT2D eigenvalue weighted by molar-refractivity contribution is -0.142. The van der Waals surface area contributed by atoms with Gasteiger partial charge in [0.15, 0.2) is 0 Å². The standard InChI is InChI=1S/C12H15N3O3/c1-6(13)14-4-5-15-11(16)9-7-2-3-8(18-7)10(9)12(15)17/h2-3,7-10H,4-5H2,1H3,(H2,13,14). The number of nitrogens with zero attached hydrogens (tertiary/aromatic N) is 1. The van der Waals surface area contributed by atoms with Gasteiger partial charge in [-0.15, -0.1) is 0 Å². The summed E-state index contributed by atoms with van der Waals surface area (Å²) in [5.41, 5.74) is 0. The van der Waals surface area contributed by atoms with Crippen LogP contribution < -0.4 is 5.32 Å². The Balaban J connectivity index is 1.70. The van der Waals surface area contributed by atoms with Gasteiger partial charge >= 0.3 is 0 Å². The van der Waals surface area contributed by atoms with Gasteiger partial charge in [-0.3, -0.25) is 19.9 Å². The maximum absolute atomic E-state index is 12.2. The number of carbonyl (C=O) groups is 2. The van der Waals surface area contributed by atoms with Crippen molar-refractivity contribution in [2.75, 3.05) is 13.1 Å². The third-order valence-electron chi connectivity index (χ3n) is 3.73. The number of amidine groups is 1. The molecular weight excluding hydrogens is 234 g/mol. The number of imide groups is 1. The van der Waals surface area contributed by atoms with E-state index < -0.39 is 0 Å². The van der Waals surface area contributed by atoms with Crippen LogP contribution in [0, 0.1) is 17.2 Å². The topological polar surface area (TPSA) is 82.5 Å². The average Bonchev–Trinajstić information content (AvgIpc) is 2.97. The second-order valence-electron chi connectivity index (χ2n) is 4.88. The van der Waals surface area contributed by atoms with Gasteiger partial charge in [0.05, 0.1) is 29.9 Å². The van der Waals surface area contributed by atoms with Crippen molar-refractivity contribution in [3.05, 3.63) is 12.2 Å². The first-order valence-electron chi connectivity index (χ1n) is 6.07. The molecule has 2 amide bonds. The van der Waals surface area contributed by atoms with Crippen LogP contribution in [0.15, 0.2) is 12.2 Å². The van der Waals surface area contributed by atoms with E-state index in [1.807, 2.05) is 12.2 Å². The summed E-state index contributed by atoms with van der Waals surface area (Å²) >= 11 is 0. The minimum atomic E-state index is -0.325. The maximum atomic E-state index is 12.2. The molecule has 2 fully saturated rings. The number of hydrogen-bond acceptors (Lipinski definition) is 4. The zero-order chi connectivity index (χ0) is 12.9. The number of fused-ring (bicyclic) bond motifs is 5. The molecule has 0 aromatic heterocycles. The molecule has 0 aromatic carbocycles. The van der Waals surface area contributed by atoms with E-state index in [-0.39, 0.29) is 35.9 Å². The Bertz CT molecular complexity index is 429. The first-order chi connectivity index (χ1) is 8.59. The van der Waals surface area contributed by atoms with E-state index in [0.717, 1.165) is 0 Å². The second kappa shape index (κ2) is 3.91. The van der Waals surface area contributed by atoms with Crippen LogP contribution in [0.25, 0.3) is 0 Å². The van der Waals surface area contributed by atoms with Gasteiger partial charge in [-0.2, -0.15) is 0 Å². The van der Waals surface area contributed by atoms with Crippen LogP contribution in [0.2, 0.25) is 0 Å². The summed E-state index contributed by atoms with van der Waals surface area (Å²) < 4.78 is 5.54. The van der Waals surface area contributed by atoms with Gasteiger partial charge in [-0.1, -0.05) is 12.2 Å². The van der Waals surface area contributed by atoms with Gasteiger partial charge in [-0.05, 0) is 6.92 Å². The van der Waals surface area contributed by atoms with Crippen LogP contribution >= 0.6 is 0 Å². The second-order valence-corrected chi connectivity index (χ2v) is 4.88. The first-order valence-corrected chi connectivity index (χ1v) is 6.07. The van der Waals surface area contributed by atoms with Gasteiger partial charge in [0.25, 0.3) is 0 Å². The van der Waals surface area contributed by atoms with E-state index >= 15 is 0 Å². The number of likely N-dealkylation sites (tertiary alicyclic amines) is 1. The summed E-state index contributed by atoms with van der Waals surface area (Å²) in [6.07, 6.45) is 3.30. The molecule has 4 unspecified atom stereocenters. The summed E-state index contributed by atoms with van der Waals surface area (Å²) in [4.78, 5) is 25.7. The third kappa shape index (κ3) is 1.49. The highest BCUT2D eigenvalue weighted by atomic mass is 16.5. The fourth-order valence-corrected chi connectivity index (χ4v) is 2.94. The van der Waals surface area contributed by atoms with E-state index in [2.05, 4.69) is 5.32 Å². The van der Waals surface area contributed by atoms with Crippen molar-refractivity contribution in [1.82, 2.24) is 10.2 Å². The zero-order valence-electron chi connectivity index (χ0n) is 10.1. The van der Waals surface area contributed by atoms with Crippen molar-refractivity contribution in [2.45, 2.75) is 19.1 Å². The number of hydrogen-bond donors (Lipinski definition) is 2. The lowest BCUT2D eigenvalue weighted by atomic mass is 9.85. The number of rotatable bonds is 3. The fourth-order valence-electron chi connectivity index (χ4n) is 2.94. The Morgan fingerprint density at radius 1 is 1.33 bits per heavy atom. The minimum absolute atomic E-state index is 0.133. The summed E-state index contributed by atoms with van der Waals surface area (Å²) in [7, 11) is 0. The number of nitrogens with one attached hydrogen (secondary N) is 2. The molecule has 6 heteroatoms. The lowest BCUT2D eigenvalue weighted by Gasteiger charge is -2.17. The van der Waals surface area contributed by atoms with Crippen molar-refractivity contribution >= 4 is 17.6 Å². The molecule has 0 saturated carbocycles. The molecule has 3 aliphatic heterocycles. The summed E-state index contributed by atoms with van der Waals surface area (Å²) in [5, 5.41) is 10.0. The SMILES string of the molecule is CC(=N)NCCN1C(=O)C2C3C=CC(O3)C2C1=O. The Morgan fingerprint density at radius 2 is 1.89 bits per heavy atom. The number of amides is 2. The predicted molar refractivity (Wildman–Crippen MR) is 62.9 cm³/mol. The molecule has 2 saturated heterocycles. The molecule has 0 radical (unpaired) electrons. The van der Waals surface area contributed by atoms with E-state index in [0.29, 0.717) is 18.9 Å². The van der Waals surface area contributed by atoms with Crippen molar-refractivity contribution < 1.29 is 14.3 Å². The van der Waals surface area contributed by atoms with Crippen molar-refractivity contribution in [2.24, 2.45) is 11.8 Å². The smallest absolute Gasteiger partial charge is 0.236 e. The normalized spacial score (nSPS) is 36.4. The van der Waals surface area contributed by atoms with Crippen LogP contribution in [0.1, 0.15) is 6.92 Å². The van der Waals surface area contributed by atoms with E-state index in [9.17, 15) is 9.59 Å². The molecule has 96 valence electrons. The van der Waals surface area contributed by atoms with Gasteiger partial charge in [0.2, 0.25) is 11.8 Å². The Kier molecular flexibility index (Phi) is 2.48. The zero-order valence-corrected chi connectivity index (χ0v) is 10.1. The molecule has 18 heavy (non-hydrogen) atoms. The van der Waals surface area contributed by atoms with Crippen LogP contribution in [0.4, 0.5) is 0 Å². The maximum Gasteiger partial charge on any atom is 0.236 e. The van der Waals surface area contributed by atoms with E-state index in [4.69, 9.17) is 10.1 Å².